The van der Waals surface area contributed by atoms with Crippen LogP contribution < -0.4 is 5.32 Å². The van der Waals surface area contributed by atoms with Gasteiger partial charge in [-0.2, -0.15) is 0 Å². The lowest BCUT2D eigenvalue weighted by Gasteiger charge is -2.45. The molecule has 2 aromatic carbocycles. The van der Waals surface area contributed by atoms with Gasteiger partial charge in [-0.3, -0.25) is 9.59 Å². The van der Waals surface area contributed by atoms with E-state index in [2.05, 4.69) is 29.1 Å². The Kier molecular flexibility index (Phi) is 7.45. The van der Waals surface area contributed by atoms with Gasteiger partial charge in [-0.05, 0) is 53.6 Å². The van der Waals surface area contributed by atoms with E-state index < -0.39 is 17.9 Å². The number of carboxylic acids is 1. The predicted molar refractivity (Wildman–Crippen MR) is 136 cm³/mol. The number of hydrogen-bond acceptors (Lipinski definition) is 4. The summed E-state index contributed by atoms with van der Waals surface area (Å²) in [5.74, 6) is -1.56. The average Bonchev–Trinajstić information content (AvgIpc) is 3.36. The summed E-state index contributed by atoms with van der Waals surface area (Å²) >= 11 is 6.07. The molecule has 1 aromatic heterocycles. The zero-order valence-electron chi connectivity index (χ0n) is 20.2. The number of nitrogens with one attached hydrogen (secondary N) is 2. The number of aromatic carboxylic acids is 1. The number of carbonyl (C=O) groups excluding carboxylic acids is 2. The highest BCUT2D eigenvalue weighted by atomic mass is 35.5. The molecule has 2 amide bonds. The lowest BCUT2D eigenvalue weighted by molar-refractivity contribution is -0.136. The summed E-state index contributed by atoms with van der Waals surface area (Å²) in [6.45, 7) is 5.37. The maximum Gasteiger partial charge on any atom is 0.335 e. The van der Waals surface area contributed by atoms with Crippen molar-refractivity contribution in [3.05, 3.63) is 88.5 Å². The van der Waals surface area contributed by atoms with E-state index in [0.29, 0.717) is 23.8 Å². The molecule has 0 saturated carbocycles. The van der Waals surface area contributed by atoms with Gasteiger partial charge >= 0.3 is 5.97 Å². The van der Waals surface area contributed by atoms with Gasteiger partial charge in [0.25, 0.3) is 5.91 Å². The van der Waals surface area contributed by atoms with Crippen LogP contribution in [0.25, 0.3) is 0 Å². The Morgan fingerprint density at radius 1 is 1.19 bits per heavy atom. The molecule has 1 aliphatic heterocycles. The van der Waals surface area contributed by atoms with Crippen molar-refractivity contribution in [2.45, 2.75) is 38.6 Å². The summed E-state index contributed by atoms with van der Waals surface area (Å²) in [6.07, 6.45) is 4.16. The van der Waals surface area contributed by atoms with Gasteiger partial charge in [-0.15, -0.1) is 0 Å². The molecule has 0 radical (unpaired) electrons. The largest absolute Gasteiger partial charge is 0.478 e. The van der Waals surface area contributed by atoms with Crippen LogP contribution in [0, 0.1) is 5.41 Å². The Labute approximate surface area is 214 Å². The third-order valence-electron chi connectivity index (χ3n) is 6.77. The molecule has 1 fully saturated rings. The number of carbonyl (C=O) groups is 3. The van der Waals surface area contributed by atoms with E-state index in [-0.39, 0.29) is 34.8 Å². The van der Waals surface area contributed by atoms with Crippen LogP contribution in [-0.2, 0) is 11.2 Å². The van der Waals surface area contributed by atoms with Crippen molar-refractivity contribution in [1.82, 2.24) is 20.2 Å². The second-order valence-corrected chi connectivity index (χ2v) is 10.3. The number of hydrogen-bond donors (Lipinski definition) is 3. The number of imidazole rings is 1. The highest BCUT2D eigenvalue weighted by Crippen LogP contribution is 2.42. The van der Waals surface area contributed by atoms with Gasteiger partial charge in [0, 0.05) is 42.0 Å². The molecule has 3 aromatic rings. The minimum absolute atomic E-state index is 0.00474. The average molecular weight is 509 g/mol. The molecule has 8 nitrogen and oxygen atoms in total. The lowest BCUT2D eigenvalue weighted by atomic mass is 9.70. The van der Waals surface area contributed by atoms with Gasteiger partial charge in [-0.25, -0.2) is 9.78 Å². The van der Waals surface area contributed by atoms with Crippen LogP contribution in [0.4, 0.5) is 0 Å². The smallest absolute Gasteiger partial charge is 0.335 e. The molecule has 2 heterocycles. The van der Waals surface area contributed by atoms with E-state index in [0.717, 1.165) is 6.42 Å². The Hall–Kier alpha value is -3.65. The number of nitrogens with zero attached hydrogens (tertiary/aromatic N) is 2. The van der Waals surface area contributed by atoms with Crippen molar-refractivity contribution in [2.24, 2.45) is 5.41 Å². The second kappa shape index (κ2) is 10.5. The highest BCUT2D eigenvalue weighted by molar-refractivity contribution is 6.30. The lowest BCUT2D eigenvalue weighted by Crippen LogP contribution is -2.55. The zero-order valence-corrected chi connectivity index (χ0v) is 21.0. The van der Waals surface area contributed by atoms with Crippen LogP contribution in [0.15, 0.2) is 61.1 Å². The predicted octanol–water partition coefficient (Wildman–Crippen LogP) is 4.14. The van der Waals surface area contributed by atoms with Crippen LogP contribution in [-0.4, -0.2) is 56.9 Å². The number of aromatic amines is 1. The van der Waals surface area contributed by atoms with Crippen LogP contribution in [0.3, 0.4) is 0 Å². The monoisotopic (exact) mass is 508 g/mol. The summed E-state index contributed by atoms with van der Waals surface area (Å²) in [6, 6.07) is 12.8. The molecule has 0 spiro atoms. The fourth-order valence-corrected chi connectivity index (χ4v) is 5.06. The first kappa shape index (κ1) is 25.4. The van der Waals surface area contributed by atoms with E-state index in [1.165, 1.54) is 36.2 Å². The van der Waals surface area contributed by atoms with Crippen LogP contribution in [0.1, 0.15) is 58.2 Å². The molecular formula is C27H29ClN4O4. The number of likely N-dealkylation sites (tertiary alicyclic amines) is 1. The summed E-state index contributed by atoms with van der Waals surface area (Å²) in [5.41, 5.74) is 1.89. The molecule has 1 aliphatic rings. The molecule has 3 N–H and O–H groups in total. The van der Waals surface area contributed by atoms with E-state index in [1.807, 2.05) is 24.3 Å². The first-order valence-corrected chi connectivity index (χ1v) is 12.2. The molecule has 0 bridgehead atoms. The van der Waals surface area contributed by atoms with Gasteiger partial charge in [-0.1, -0.05) is 43.6 Å². The standard InChI is InChI=1S/C27H29ClN4O4/c1-27(2)15-32(11-10-22(27)17-6-8-20(28)9-7-17)25(34)23(13-21-14-29-16-30-21)31-24(33)18-4-3-5-19(12-18)26(35)36/h3-9,12,14,16,22-23H,10-11,13,15H2,1-2H3,(H,29,30)(H,31,33)(H,35,36)/t22?,23-/m1/s1. The highest BCUT2D eigenvalue weighted by Gasteiger charge is 2.40. The molecule has 36 heavy (non-hydrogen) atoms. The summed E-state index contributed by atoms with van der Waals surface area (Å²) in [4.78, 5) is 46.9. The number of halogens is 1. The van der Waals surface area contributed by atoms with Gasteiger partial charge in [0.15, 0.2) is 0 Å². The third kappa shape index (κ3) is 5.76. The molecule has 4 rings (SSSR count). The van der Waals surface area contributed by atoms with Crippen molar-refractivity contribution in [3.8, 4) is 0 Å². The van der Waals surface area contributed by atoms with Crippen LogP contribution in [0.2, 0.25) is 5.02 Å². The van der Waals surface area contributed by atoms with Crippen molar-refractivity contribution in [1.29, 1.82) is 0 Å². The topological polar surface area (TPSA) is 115 Å². The minimum Gasteiger partial charge on any atom is -0.478 e. The Balaban J connectivity index is 1.52. The van der Waals surface area contributed by atoms with Crippen molar-refractivity contribution in [2.75, 3.05) is 13.1 Å². The molecule has 1 saturated heterocycles. The number of carboxylic acid groups (broad SMARTS) is 1. The Bertz CT molecular complexity index is 1240. The molecule has 9 heteroatoms. The van der Waals surface area contributed by atoms with E-state index in [9.17, 15) is 19.5 Å². The Morgan fingerprint density at radius 2 is 1.92 bits per heavy atom. The number of piperidine rings is 1. The maximum absolute atomic E-state index is 13.7. The first-order chi connectivity index (χ1) is 17.1. The minimum atomic E-state index is -1.12. The van der Waals surface area contributed by atoms with Crippen LogP contribution >= 0.6 is 11.6 Å². The number of benzene rings is 2. The van der Waals surface area contributed by atoms with E-state index in [1.54, 1.807) is 11.1 Å². The maximum atomic E-state index is 13.7. The van der Waals surface area contributed by atoms with Gasteiger partial charge < -0.3 is 20.3 Å². The number of aromatic nitrogens is 2. The molecular weight excluding hydrogens is 480 g/mol. The van der Waals surface area contributed by atoms with Crippen molar-refractivity contribution >= 4 is 29.4 Å². The normalized spacial score (nSPS) is 17.9. The van der Waals surface area contributed by atoms with Gasteiger partial charge in [0.2, 0.25) is 5.91 Å². The summed E-state index contributed by atoms with van der Waals surface area (Å²) in [7, 11) is 0. The van der Waals surface area contributed by atoms with Gasteiger partial charge in [0.1, 0.15) is 6.04 Å². The molecule has 0 aliphatic carbocycles. The molecule has 188 valence electrons. The third-order valence-corrected chi connectivity index (χ3v) is 7.02. The summed E-state index contributed by atoms with van der Waals surface area (Å²) in [5, 5.41) is 12.8. The van der Waals surface area contributed by atoms with Crippen LogP contribution in [0.5, 0.6) is 0 Å². The first-order valence-electron chi connectivity index (χ1n) is 11.8. The number of rotatable bonds is 7. The van der Waals surface area contributed by atoms with Crippen molar-refractivity contribution < 1.29 is 19.5 Å². The van der Waals surface area contributed by atoms with Gasteiger partial charge in [0.05, 0.1) is 11.9 Å². The number of H-pyrrole nitrogens is 1. The fraction of sp³-hybridized carbons (Fsp3) is 0.333. The van der Waals surface area contributed by atoms with E-state index >= 15 is 0 Å². The summed E-state index contributed by atoms with van der Waals surface area (Å²) < 4.78 is 0. The molecule has 2 atom stereocenters. The second-order valence-electron chi connectivity index (χ2n) is 9.83. The SMILES string of the molecule is CC1(C)CN(C(=O)[C@@H](Cc2cnc[nH]2)NC(=O)c2cccc(C(=O)O)c2)CCC1c1ccc(Cl)cc1. The quantitative estimate of drug-likeness (QED) is 0.443. The molecule has 1 unspecified atom stereocenters. The van der Waals surface area contributed by atoms with Crippen molar-refractivity contribution in [3.63, 3.8) is 0 Å². The van der Waals surface area contributed by atoms with E-state index in [4.69, 9.17) is 11.6 Å². The zero-order chi connectivity index (χ0) is 25.9. The fourth-order valence-electron chi connectivity index (χ4n) is 4.93. The Morgan fingerprint density at radius 3 is 2.56 bits per heavy atom. The number of amides is 2.